The number of aryl methyl sites for hydroxylation is 1. The summed E-state index contributed by atoms with van der Waals surface area (Å²) in [4.78, 5) is 30.5. The summed E-state index contributed by atoms with van der Waals surface area (Å²) >= 11 is 0. The summed E-state index contributed by atoms with van der Waals surface area (Å²) in [5, 5.41) is 2.20. The Morgan fingerprint density at radius 3 is 2.59 bits per heavy atom. The number of benzene rings is 2. The number of amides is 1. The van der Waals surface area contributed by atoms with E-state index in [4.69, 9.17) is 9.57 Å². The second-order valence-electron chi connectivity index (χ2n) is 6.43. The summed E-state index contributed by atoms with van der Waals surface area (Å²) in [5.41, 5.74) is 2.59. The van der Waals surface area contributed by atoms with Crippen molar-refractivity contribution in [1.29, 1.82) is 0 Å². The first kappa shape index (κ1) is 17.3. The van der Waals surface area contributed by atoms with E-state index in [1.54, 1.807) is 24.3 Å². The molecule has 0 bridgehead atoms. The van der Waals surface area contributed by atoms with Crippen LogP contribution in [0.5, 0.6) is 5.75 Å². The van der Waals surface area contributed by atoms with Crippen LogP contribution in [0.3, 0.4) is 0 Å². The molecule has 0 N–H and O–H groups in total. The number of ether oxygens (including phenoxy) is 1. The average molecular weight is 364 g/mol. The van der Waals surface area contributed by atoms with Crippen LogP contribution < -0.4 is 4.74 Å². The van der Waals surface area contributed by atoms with Crippen molar-refractivity contribution in [1.82, 2.24) is 9.63 Å². The summed E-state index contributed by atoms with van der Waals surface area (Å²) in [7, 11) is 1.43. The number of carbonyl (C=O) groups is 2. The largest absolute Gasteiger partial charge is 0.426 e. The standard InChI is InChI=1S/C21H20N2O4/c1-3-14-9-10-15-12-18-21(25)23(26-2)19(22(18)17(15)11-14)13-20(24)27-16-7-5-4-6-8-16/h4-12,19H,3,13H2,1-2H3. The third-order valence-corrected chi connectivity index (χ3v) is 4.82. The lowest BCUT2D eigenvalue weighted by atomic mass is 10.1. The highest BCUT2D eigenvalue weighted by atomic mass is 16.7. The van der Waals surface area contributed by atoms with Gasteiger partial charge in [0.25, 0.3) is 5.91 Å². The van der Waals surface area contributed by atoms with Crippen LogP contribution in [-0.2, 0) is 16.1 Å². The Morgan fingerprint density at radius 1 is 1.11 bits per heavy atom. The number of esters is 1. The van der Waals surface area contributed by atoms with Crippen molar-refractivity contribution in [3.63, 3.8) is 0 Å². The minimum absolute atomic E-state index is 0.0123. The maximum absolute atomic E-state index is 12.7. The molecule has 27 heavy (non-hydrogen) atoms. The van der Waals surface area contributed by atoms with Gasteiger partial charge in [-0.2, -0.15) is 5.06 Å². The number of aromatic nitrogens is 1. The van der Waals surface area contributed by atoms with E-state index in [1.807, 2.05) is 22.8 Å². The Balaban J connectivity index is 1.69. The van der Waals surface area contributed by atoms with Crippen molar-refractivity contribution in [3.8, 4) is 5.75 Å². The predicted octanol–water partition coefficient (Wildman–Crippen LogP) is 3.72. The van der Waals surface area contributed by atoms with E-state index in [-0.39, 0.29) is 12.3 Å². The number of para-hydroxylation sites is 1. The van der Waals surface area contributed by atoms with Crippen LogP contribution in [-0.4, -0.2) is 28.6 Å². The van der Waals surface area contributed by atoms with E-state index in [9.17, 15) is 9.59 Å². The van der Waals surface area contributed by atoms with Gasteiger partial charge in [0.2, 0.25) is 0 Å². The van der Waals surface area contributed by atoms with Crippen molar-refractivity contribution in [2.45, 2.75) is 25.9 Å². The van der Waals surface area contributed by atoms with Gasteiger partial charge in [-0.15, -0.1) is 0 Å². The van der Waals surface area contributed by atoms with Gasteiger partial charge < -0.3 is 9.30 Å². The summed E-state index contributed by atoms with van der Waals surface area (Å²) in [6.07, 6.45) is 0.291. The van der Waals surface area contributed by atoms with Crippen LogP contribution in [0.1, 0.15) is 35.6 Å². The number of fused-ring (bicyclic) bond motifs is 3. The molecule has 6 heteroatoms. The molecule has 1 unspecified atom stereocenters. The SMILES string of the molecule is CCc1ccc2cc3n(c2c1)C(CC(=O)Oc1ccccc1)N(OC)C3=O. The van der Waals surface area contributed by atoms with E-state index in [2.05, 4.69) is 19.1 Å². The quantitative estimate of drug-likeness (QED) is 0.511. The number of nitrogens with zero attached hydrogens (tertiary/aromatic N) is 2. The number of rotatable bonds is 5. The van der Waals surface area contributed by atoms with Gasteiger partial charge in [0, 0.05) is 5.39 Å². The third kappa shape index (κ3) is 2.98. The van der Waals surface area contributed by atoms with Crippen LogP contribution in [0.2, 0.25) is 0 Å². The molecule has 1 aromatic heterocycles. The fraction of sp³-hybridized carbons (Fsp3) is 0.238. The monoisotopic (exact) mass is 364 g/mol. The Morgan fingerprint density at radius 2 is 1.89 bits per heavy atom. The van der Waals surface area contributed by atoms with Gasteiger partial charge in [-0.3, -0.25) is 14.4 Å². The van der Waals surface area contributed by atoms with Crippen molar-refractivity contribution in [2.75, 3.05) is 7.11 Å². The molecule has 0 fully saturated rings. The average Bonchev–Trinajstić information content (AvgIpc) is 3.17. The first-order valence-corrected chi connectivity index (χ1v) is 8.89. The lowest BCUT2D eigenvalue weighted by Gasteiger charge is -2.23. The topological polar surface area (TPSA) is 60.8 Å². The van der Waals surface area contributed by atoms with Crippen LogP contribution in [0.4, 0.5) is 0 Å². The Bertz CT molecular complexity index is 1010. The number of carbonyl (C=O) groups excluding carboxylic acids is 2. The lowest BCUT2D eigenvalue weighted by molar-refractivity contribution is -0.151. The normalized spacial score (nSPS) is 16.0. The molecule has 0 saturated heterocycles. The predicted molar refractivity (Wildman–Crippen MR) is 100 cm³/mol. The van der Waals surface area contributed by atoms with Crippen molar-refractivity contribution >= 4 is 22.8 Å². The summed E-state index contributed by atoms with van der Waals surface area (Å²) in [5.74, 6) is -0.215. The first-order valence-electron chi connectivity index (χ1n) is 8.89. The second-order valence-corrected chi connectivity index (χ2v) is 6.43. The Kier molecular flexibility index (Phi) is 4.41. The van der Waals surface area contributed by atoms with Crippen LogP contribution >= 0.6 is 0 Å². The zero-order valence-corrected chi connectivity index (χ0v) is 15.2. The highest BCUT2D eigenvalue weighted by molar-refractivity contribution is 6.01. The molecule has 1 aliphatic rings. The molecular weight excluding hydrogens is 344 g/mol. The summed E-state index contributed by atoms with van der Waals surface area (Å²) < 4.78 is 7.27. The zero-order valence-electron chi connectivity index (χ0n) is 15.2. The molecule has 4 rings (SSSR count). The first-order chi connectivity index (χ1) is 13.1. The van der Waals surface area contributed by atoms with E-state index < -0.39 is 12.1 Å². The van der Waals surface area contributed by atoms with E-state index in [0.717, 1.165) is 22.9 Å². The fourth-order valence-corrected chi connectivity index (χ4v) is 3.51. The fourth-order valence-electron chi connectivity index (χ4n) is 3.51. The van der Waals surface area contributed by atoms with E-state index >= 15 is 0 Å². The minimum Gasteiger partial charge on any atom is -0.426 e. The van der Waals surface area contributed by atoms with Gasteiger partial charge in [0.1, 0.15) is 17.6 Å². The van der Waals surface area contributed by atoms with Gasteiger partial charge in [0.15, 0.2) is 0 Å². The molecule has 0 spiro atoms. The van der Waals surface area contributed by atoms with Crippen molar-refractivity contribution in [2.24, 2.45) is 0 Å². The van der Waals surface area contributed by atoms with E-state index in [1.165, 1.54) is 12.2 Å². The smallest absolute Gasteiger partial charge is 0.315 e. The molecule has 0 saturated carbocycles. The number of hydroxylamine groups is 2. The van der Waals surface area contributed by atoms with Gasteiger partial charge in [-0.05, 0) is 36.2 Å². The molecule has 0 radical (unpaired) electrons. The molecular formula is C21H20N2O4. The number of hydrogen-bond donors (Lipinski definition) is 0. The minimum atomic E-state index is -0.585. The third-order valence-electron chi connectivity index (χ3n) is 4.82. The highest BCUT2D eigenvalue weighted by Crippen LogP contribution is 2.36. The maximum Gasteiger partial charge on any atom is 0.315 e. The maximum atomic E-state index is 12.7. The highest BCUT2D eigenvalue weighted by Gasteiger charge is 2.40. The van der Waals surface area contributed by atoms with Gasteiger partial charge >= 0.3 is 5.97 Å². The molecule has 1 amide bonds. The van der Waals surface area contributed by atoms with Crippen LogP contribution in [0.15, 0.2) is 54.6 Å². The molecule has 2 heterocycles. The summed E-state index contributed by atoms with van der Waals surface area (Å²) in [6, 6.07) is 16.8. The molecule has 3 aromatic rings. The molecule has 6 nitrogen and oxygen atoms in total. The molecule has 2 aromatic carbocycles. The molecule has 1 aliphatic heterocycles. The molecule has 0 aliphatic carbocycles. The van der Waals surface area contributed by atoms with Gasteiger partial charge in [-0.1, -0.05) is 37.3 Å². The zero-order chi connectivity index (χ0) is 19.0. The molecule has 1 atom stereocenters. The van der Waals surface area contributed by atoms with Gasteiger partial charge in [-0.25, -0.2) is 0 Å². The lowest BCUT2D eigenvalue weighted by Crippen LogP contribution is -2.31. The van der Waals surface area contributed by atoms with Crippen LogP contribution in [0.25, 0.3) is 10.9 Å². The molecule has 138 valence electrons. The Labute approximate surface area is 156 Å². The Hall–Kier alpha value is -3.12. The number of hydrogen-bond acceptors (Lipinski definition) is 4. The van der Waals surface area contributed by atoms with Crippen LogP contribution in [0, 0.1) is 0 Å². The summed E-state index contributed by atoms with van der Waals surface area (Å²) in [6.45, 7) is 2.08. The van der Waals surface area contributed by atoms with Crippen molar-refractivity contribution < 1.29 is 19.2 Å². The van der Waals surface area contributed by atoms with Gasteiger partial charge in [0.05, 0.1) is 19.0 Å². The van der Waals surface area contributed by atoms with E-state index in [0.29, 0.717) is 11.4 Å². The van der Waals surface area contributed by atoms with Crippen molar-refractivity contribution in [3.05, 3.63) is 65.9 Å². The second kappa shape index (κ2) is 6.89.